The zero-order valence-corrected chi connectivity index (χ0v) is 25.3. The van der Waals surface area contributed by atoms with Crippen LogP contribution < -0.4 is 14.4 Å². The fourth-order valence-electron chi connectivity index (χ4n) is 3.95. The molecule has 3 aromatic rings. The average molecular weight is 607 g/mol. The maximum atomic E-state index is 14.0. The summed E-state index contributed by atoms with van der Waals surface area (Å²) in [5.74, 6) is -0.625. The molecule has 8 nitrogen and oxygen atoms in total. The largest absolute Gasteiger partial charge is 0.495 e. The maximum Gasteiger partial charge on any atom is 0.264 e. The van der Waals surface area contributed by atoms with E-state index in [-0.39, 0.29) is 28.1 Å². The number of ether oxygens (including phenoxy) is 1. The highest BCUT2D eigenvalue weighted by molar-refractivity contribution is 7.92. The van der Waals surface area contributed by atoms with E-state index in [1.54, 1.807) is 49.4 Å². The number of carbonyl (C=O) groups excluding carboxylic acids is 2. The van der Waals surface area contributed by atoms with Crippen LogP contribution in [0.25, 0.3) is 0 Å². The van der Waals surface area contributed by atoms with Gasteiger partial charge in [-0.1, -0.05) is 53.5 Å². The molecular formula is C29H33Cl2N3O5S. The molecule has 0 saturated heterocycles. The Morgan fingerprint density at radius 2 is 1.65 bits per heavy atom. The first kappa shape index (κ1) is 31.3. The summed E-state index contributed by atoms with van der Waals surface area (Å²) in [6, 6.07) is 18.2. The van der Waals surface area contributed by atoms with Gasteiger partial charge in [-0.2, -0.15) is 0 Å². The van der Waals surface area contributed by atoms with E-state index in [0.717, 1.165) is 4.31 Å². The Bertz CT molecular complexity index is 1460. The van der Waals surface area contributed by atoms with Gasteiger partial charge in [-0.15, -0.1) is 0 Å². The van der Waals surface area contributed by atoms with E-state index in [4.69, 9.17) is 27.9 Å². The molecule has 0 aromatic heterocycles. The molecule has 3 aromatic carbocycles. The quantitative estimate of drug-likeness (QED) is 0.328. The molecule has 0 fully saturated rings. The first-order valence-electron chi connectivity index (χ1n) is 12.5. The number of nitrogens with one attached hydrogen (secondary N) is 1. The number of benzene rings is 3. The van der Waals surface area contributed by atoms with Gasteiger partial charge in [0.15, 0.2) is 0 Å². The van der Waals surface area contributed by atoms with Gasteiger partial charge in [-0.25, -0.2) is 8.42 Å². The van der Waals surface area contributed by atoms with Crippen molar-refractivity contribution in [2.45, 2.75) is 50.7 Å². The lowest BCUT2D eigenvalue weighted by molar-refractivity contribution is -0.140. The third-order valence-corrected chi connectivity index (χ3v) is 8.26. The molecule has 40 heavy (non-hydrogen) atoms. The summed E-state index contributed by atoms with van der Waals surface area (Å²) < 4.78 is 33.9. The Morgan fingerprint density at radius 3 is 2.23 bits per heavy atom. The molecule has 214 valence electrons. The Hall–Kier alpha value is -3.27. The van der Waals surface area contributed by atoms with Crippen molar-refractivity contribution in [3.63, 3.8) is 0 Å². The highest BCUT2D eigenvalue weighted by Crippen LogP contribution is 2.32. The molecule has 0 saturated carbocycles. The van der Waals surface area contributed by atoms with E-state index in [1.807, 2.05) is 20.8 Å². The molecule has 0 radical (unpaired) electrons. The average Bonchev–Trinajstić information content (AvgIpc) is 2.89. The summed E-state index contributed by atoms with van der Waals surface area (Å²) in [6.45, 7) is 6.55. The molecule has 3 rings (SSSR count). The van der Waals surface area contributed by atoms with Crippen LogP contribution in [0, 0.1) is 0 Å². The Balaban J connectivity index is 2.06. The second kappa shape index (κ2) is 12.9. The predicted octanol–water partition coefficient (Wildman–Crippen LogP) is 5.53. The van der Waals surface area contributed by atoms with Crippen molar-refractivity contribution in [3.05, 3.63) is 88.4 Å². The number of halogens is 2. The highest BCUT2D eigenvalue weighted by atomic mass is 35.5. The van der Waals surface area contributed by atoms with Crippen LogP contribution in [0.3, 0.4) is 0 Å². The maximum absolute atomic E-state index is 14.0. The van der Waals surface area contributed by atoms with Crippen LogP contribution in [0.5, 0.6) is 5.75 Å². The van der Waals surface area contributed by atoms with Gasteiger partial charge in [0, 0.05) is 17.1 Å². The van der Waals surface area contributed by atoms with Crippen LogP contribution in [0.2, 0.25) is 10.0 Å². The highest BCUT2D eigenvalue weighted by Gasteiger charge is 2.33. The molecule has 0 bridgehead atoms. The lowest BCUT2D eigenvalue weighted by Gasteiger charge is -2.33. The Kier molecular flexibility index (Phi) is 10.1. The van der Waals surface area contributed by atoms with E-state index in [9.17, 15) is 18.0 Å². The van der Waals surface area contributed by atoms with Gasteiger partial charge in [0.05, 0.1) is 22.7 Å². The second-order valence-electron chi connectivity index (χ2n) is 10.2. The van der Waals surface area contributed by atoms with E-state index in [0.29, 0.717) is 16.3 Å². The third-order valence-electron chi connectivity index (χ3n) is 5.94. The summed E-state index contributed by atoms with van der Waals surface area (Å²) in [5.41, 5.74) is 0.303. The zero-order valence-electron chi connectivity index (χ0n) is 23.0. The number of carbonyl (C=O) groups is 2. The second-order valence-corrected chi connectivity index (χ2v) is 12.9. The Morgan fingerprint density at radius 1 is 0.975 bits per heavy atom. The molecule has 0 aliphatic carbocycles. The molecule has 0 heterocycles. The van der Waals surface area contributed by atoms with Crippen molar-refractivity contribution >= 4 is 50.7 Å². The van der Waals surface area contributed by atoms with Gasteiger partial charge in [-0.05, 0) is 75.7 Å². The normalized spacial score (nSPS) is 12.4. The lowest BCUT2D eigenvalue weighted by atomic mass is 10.1. The molecule has 0 unspecified atom stereocenters. The van der Waals surface area contributed by atoms with Gasteiger partial charge in [0.1, 0.15) is 18.3 Å². The van der Waals surface area contributed by atoms with Crippen molar-refractivity contribution in [1.82, 2.24) is 10.2 Å². The minimum Gasteiger partial charge on any atom is -0.495 e. The topological polar surface area (TPSA) is 96.0 Å². The first-order valence-corrected chi connectivity index (χ1v) is 14.7. The van der Waals surface area contributed by atoms with Gasteiger partial charge in [0.2, 0.25) is 11.8 Å². The number of rotatable bonds is 10. The number of sulfonamides is 1. The van der Waals surface area contributed by atoms with Crippen molar-refractivity contribution in [3.8, 4) is 5.75 Å². The van der Waals surface area contributed by atoms with Crippen molar-refractivity contribution in [1.29, 1.82) is 0 Å². The predicted molar refractivity (Wildman–Crippen MR) is 158 cm³/mol. The zero-order chi connectivity index (χ0) is 29.7. The van der Waals surface area contributed by atoms with Crippen LogP contribution in [0.4, 0.5) is 5.69 Å². The van der Waals surface area contributed by atoms with E-state index >= 15 is 0 Å². The van der Waals surface area contributed by atoms with E-state index in [1.165, 1.54) is 42.3 Å². The minimum atomic E-state index is -4.21. The van der Waals surface area contributed by atoms with Crippen molar-refractivity contribution in [2.75, 3.05) is 18.0 Å². The molecule has 0 spiro atoms. The van der Waals surface area contributed by atoms with Crippen LogP contribution >= 0.6 is 23.2 Å². The lowest BCUT2D eigenvalue weighted by Crippen LogP contribution is -2.54. The van der Waals surface area contributed by atoms with Crippen molar-refractivity contribution < 1.29 is 22.7 Å². The number of anilines is 1. The number of nitrogens with zero attached hydrogens (tertiary/aromatic N) is 2. The summed E-state index contributed by atoms with van der Waals surface area (Å²) in [7, 11) is -2.76. The van der Waals surface area contributed by atoms with Crippen LogP contribution in [0.1, 0.15) is 33.3 Å². The molecule has 1 atom stereocenters. The molecule has 1 N–H and O–H groups in total. The van der Waals surface area contributed by atoms with Crippen molar-refractivity contribution in [2.24, 2.45) is 0 Å². The van der Waals surface area contributed by atoms with Gasteiger partial charge in [0.25, 0.3) is 10.0 Å². The van der Waals surface area contributed by atoms with E-state index < -0.39 is 34.1 Å². The third kappa shape index (κ3) is 7.90. The standard InChI is InChI=1S/C29H33Cl2N3O5S/c1-20(28(36)32-29(2,3)4)33(18-21-10-9-11-22(30)16-21)27(35)19-34(23-14-15-26(39-5)25(31)17-23)40(37,38)24-12-7-6-8-13-24/h6-17,20H,18-19H2,1-5H3,(H,32,36)/t20-/m1/s1. The summed E-state index contributed by atoms with van der Waals surface area (Å²) >= 11 is 12.5. The molecule has 0 aliphatic heterocycles. The van der Waals surface area contributed by atoms with Crippen LogP contribution in [-0.4, -0.2) is 50.4 Å². The number of amides is 2. The summed E-state index contributed by atoms with van der Waals surface area (Å²) in [4.78, 5) is 28.5. The fourth-order valence-corrected chi connectivity index (χ4v) is 5.84. The molecule has 2 amide bonds. The number of hydrogen-bond donors (Lipinski definition) is 1. The fraction of sp³-hybridized carbons (Fsp3) is 0.310. The van der Waals surface area contributed by atoms with Crippen LogP contribution in [-0.2, 0) is 26.2 Å². The van der Waals surface area contributed by atoms with E-state index in [2.05, 4.69) is 5.32 Å². The molecular weight excluding hydrogens is 573 g/mol. The van der Waals surface area contributed by atoms with Crippen LogP contribution in [0.15, 0.2) is 77.7 Å². The molecule has 0 aliphatic rings. The number of hydrogen-bond acceptors (Lipinski definition) is 5. The molecule has 11 heteroatoms. The van der Waals surface area contributed by atoms with Gasteiger partial charge < -0.3 is 15.0 Å². The van der Waals surface area contributed by atoms with Gasteiger partial charge >= 0.3 is 0 Å². The number of methoxy groups -OCH3 is 1. The smallest absolute Gasteiger partial charge is 0.264 e. The first-order chi connectivity index (χ1) is 18.7. The monoisotopic (exact) mass is 605 g/mol. The van der Waals surface area contributed by atoms with Gasteiger partial charge in [-0.3, -0.25) is 13.9 Å². The summed E-state index contributed by atoms with van der Waals surface area (Å²) in [5, 5.41) is 3.54. The minimum absolute atomic E-state index is 0.00495. The SMILES string of the molecule is COc1ccc(N(CC(=O)N(Cc2cccc(Cl)c2)[C@H](C)C(=O)NC(C)(C)C)S(=O)(=O)c2ccccc2)cc1Cl. The summed E-state index contributed by atoms with van der Waals surface area (Å²) in [6.07, 6.45) is 0. The Labute approximate surface area is 245 Å².